The molecule has 3 aromatic carbocycles. The van der Waals surface area contributed by atoms with Gasteiger partial charge in [-0.3, -0.25) is 0 Å². The Kier molecular flexibility index (Phi) is 7.13. The molecule has 0 unspecified atom stereocenters. The predicted molar refractivity (Wildman–Crippen MR) is 117 cm³/mol. The lowest BCUT2D eigenvalue weighted by atomic mass is 10.1. The molecule has 4 nitrogen and oxygen atoms in total. The van der Waals surface area contributed by atoms with E-state index in [1.165, 1.54) is 0 Å². The lowest BCUT2D eigenvalue weighted by Gasteiger charge is -2.10. The molecule has 0 aliphatic heterocycles. The molecule has 3 rings (SSSR count). The van der Waals surface area contributed by atoms with E-state index in [4.69, 9.17) is 14.2 Å². The Labute approximate surface area is 177 Å². The van der Waals surface area contributed by atoms with E-state index in [1.54, 1.807) is 48.5 Å². The van der Waals surface area contributed by atoms with Gasteiger partial charge in [-0.15, -0.1) is 5.92 Å². The quantitative estimate of drug-likeness (QED) is 0.292. The molecule has 0 spiro atoms. The Hall–Kier alpha value is -3.71. The molecule has 0 heterocycles. The van der Waals surface area contributed by atoms with Crippen LogP contribution in [0.4, 0.5) is 0 Å². The molecule has 0 atom stereocenters. The molecule has 0 aliphatic carbocycles. The van der Waals surface area contributed by atoms with E-state index in [-0.39, 0.29) is 6.10 Å². The van der Waals surface area contributed by atoms with Gasteiger partial charge in [0.2, 0.25) is 0 Å². The Balaban J connectivity index is 1.54. The molecule has 0 radical (unpaired) electrons. The highest BCUT2D eigenvalue weighted by atomic mass is 16.5. The highest BCUT2D eigenvalue weighted by molar-refractivity contribution is 5.91. The van der Waals surface area contributed by atoms with Crippen LogP contribution in [-0.4, -0.2) is 12.1 Å². The second-order valence-corrected chi connectivity index (χ2v) is 6.91. The summed E-state index contributed by atoms with van der Waals surface area (Å²) in [5, 5.41) is 0. The SMILES string of the molecule is CC#Cc1ccc(COc2ccc(C(=O)Oc3ccc(OC(C)C)cc3)cc2)cc1. The van der Waals surface area contributed by atoms with Crippen molar-refractivity contribution in [3.63, 3.8) is 0 Å². The third-order valence-corrected chi connectivity index (χ3v) is 4.12. The molecule has 0 saturated heterocycles. The second kappa shape index (κ2) is 10.2. The van der Waals surface area contributed by atoms with Crippen molar-refractivity contribution in [3.8, 4) is 29.1 Å². The second-order valence-electron chi connectivity index (χ2n) is 6.91. The summed E-state index contributed by atoms with van der Waals surface area (Å²) >= 11 is 0. The van der Waals surface area contributed by atoms with E-state index in [0.717, 1.165) is 16.9 Å². The zero-order valence-electron chi connectivity index (χ0n) is 17.3. The number of carbonyl (C=O) groups excluding carboxylic acids is 1. The van der Waals surface area contributed by atoms with Gasteiger partial charge < -0.3 is 14.2 Å². The van der Waals surface area contributed by atoms with E-state index < -0.39 is 5.97 Å². The van der Waals surface area contributed by atoms with Crippen molar-refractivity contribution >= 4 is 5.97 Å². The summed E-state index contributed by atoms with van der Waals surface area (Å²) in [4.78, 5) is 12.3. The first-order valence-electron chi connectivity index (χ1n) is 9.77. The fraction of sp³-hybridized carbons (Fsp3) is 0.192. The van der Waals surface area contributed by atoms with Crippen molar-refractivity contribution in [1.29, 1.82) is 0 Å². The number of ether oxygens (including phenoxy) is 3. The van der Waals surface area contributed by atoms with Crippen molar-refractivity contribution < 1.29 is 19.0 Å². The van der Waals surface area contributed by atoms with Crippen molar-refractivity contribution in [3.05, 3.63) is 89.5 Å². The van der Waals surface area contributed by atoms with Gasteiger partial charge in [-0.1, -0.05) is 18.1 Å². The van der Waals surface area contributed by atoms with Crippen molar-refractivity contribution in [2.45, 2.75) is 33.5 Å². The molecular weight excluding hydrogens is 376 g/mol. The number of esters is 1. The van der Waals surface area contributed by atoms with Crippen LogP contribution in [0.15, 0.2) is 72.8 Å². The largest absolute Gasteiger partial charge is 0.491 e. The van der Waals surface area contributed by atoms with Gasteiger partial charge in [-0.25, -0.2) is 4.79 Å². The maximum absolute atomic E-state index is 12.3. The van der Waals surface area contributed by atoms with Crippen molar-refractivity contribution in [1.82, 2.24) is 0 Å². The Morgan fingerprint density at radius 1 is 0.833 bits per heavy atom. The standard InChI is InChI=1S/C26H24O4/c1-4-5-20-6-8-21(9-7-20)18-28-23-12-10-22(11-13-23)26(27)30-25-16-14-24(15-17-25)29-19(2)3/h6-17,19H,18H2,1-3H3. The van der Waals surface area contributed by atoms with Crippen molar-refractivity contribution in [2.24, 2.45) is 0 Å². The maximum atomic E-state index is 12.3. The number of hydrogen-bond acceptors (Lipinski definition) is 4. The number of benzene rings is 3. The molecule has 0 aromatic heterocycles. The van der Waals surface area contributed by atoms with Crippen LogP contribution in [0.5, 0.6) is 17.2 Å². The molecule has 30 heavy (non-hydrogen) atoms. The number of carbonyl (C=O) groups is 1. The summed E-state index contributed by atoms with van der Waals surface area (Å²) < 4.78 is 16.8. The molecule has 0 saturated carbocycles. The smallest absolute Gasteiger partial charge is 0.343 e. The average molecular weight is 400 g/mol. The van der Waals surface area contributed by atoms with Gasteiger partial charge in [-0.05, 0) is 87.0 Å². The van der Waals surface area contributed by atoms with Crippen LogP contribution in [-0.2, 0) is 6.61 Å². The average Bonchev–Trinajstić information content (AvgIpc) is 2.75. The molecule has 152 valence electrons. The van der Waals surface area contributed by atoms with Gasteiger partial charge in [0.1, 0.15) is 23.9 Å². The summed E-state index contributed by atoms with van der Waals surface area (Å²) in [6, 6.07) is 21.8. The van der Waals surface area contributed by atoms with Crippen LogP contribution in [0.25, 0.3) is 0 Å². The van der Waals surface area contributed by atoms with Crippen LogP contribution in [0, 0.1) is 11.8 Å². The van der Waals surface area contributed by atoms with Crippen LogP contribution in [0.2, 0.25) is 0 Å². The first-order chi connectivity index (χ1) is 14.5. The highest BCUT2D eigenvalue weighted by Gasteiger charge is 2.09. The minimum atomic E-state index is -0.424. The minimum absolute atomic E-state index is 0.0915. The third kappa shape index (κ3) is 6.15. The third-order valence-electron chi connectivity index (χ3n) is 4.12. The molecule has 0 fully saturated rings. The van der Waals surface area contributed by atoms with Crippen LogP contribution in [0.3, 0.4) is 0 Å². The van der Waals surface area contributed by atoms with E-state index in [9.17, 15) is 4.79 Å². The molecular formula is C26H24O4. The predicted octanol–water partition coefficient (Wildman–Crippen LogP) is 5.64. The highest BCUT2D eigenvalue weighted by Crippen LogP contribution is 2.21. The Morgan fingerprint density at radius 3 is 2.03 bits per heavy atom. The summed E-state index contributed by atoms with van der Waals surface area (Å²) in [6.45, 7) is 6.17. The molecule has 3 aromatic rings. The first kappa shape index (κ1) is 21.0. The van der Waals surface area contributed by atoms with E-state index >= 15 is 0 Å². The number of hydrogen-bond donors (Lipinski definition) is 0. The molecule has 0 amide bonds. The van der Waals surface area contributed by atoms with E-state index in [2.05, 4.69) is 11.8 Å². The monoisotopic (exact) mass is 400 g/mol. The maximum Gasteiger partial charge on any atom is 0.343 e. The lowest BCUT2D eigenvalue weighted by Crippen LogP contribution is -2.09. The topological polar surface area (TPSA) is 44.8 Å². The number of rotatable bonds is 7. The first-order valence-corrected chi connectivity index (χ1v) is 9.77. The summed E-state index contributed by atoms with van der Waals surface area (Å²) in [7, 11) is 0. The lowest BCUT2D eigenvalue weighted by molar-refractivity contribution is 0.0734. The molecule has 0 bridgehead atoms. The summed E-state index contributed by atoms with van der Waals surface area (Å²) in [6.07, 6.45) is 0.0915. The molecule has 0 aliphatic rings. The fourth-order valence-corrected chi connectivity index (χ4v) is 2.71. The van der Waals surface area contributed by atoms with E-state index in [0.29, 0.717) is 23.7 Å². The Bertz CT molecular complexity index is 1020. The normalized spacial score (nSPS) is 10.1. The fourth-order valence-electron chi connectivity index (χ4n) is 2.71. The Morgan fingerprint density at radius 2 is 1.43 bits per heavy atom. The van der Waals surface area contributed by atoms with Gasteiger partial charge in [0, 0.05) is 5.56 Å². The van der Waals surface area contributed by atoms with E-state index in [1.807, 2.05) is 45.0 Å². The van der Waals surface area contributed by atoms with Crippen LogP contribution in [0.1, 0.15) is 42.3 Å². The van der Waals surface area contributed by atoms with Gasteiger partial charge in [0.15, 0.2) is 0 Å². The van der Waals surface area contributed by atoms with Gasteiger partial charge in [0.25, 0.3) is 0 Å². The zero-order valence-corrected chi connectivity index (χ0v) is 17.3. The minimum Gasteiger partial charge on any atom is -0.491 e. The van der Waals surface area contributed by atoms with Crippen LogP contribution >= 0.6 is 0 Å². The summed E-state index contributed by atoms with van der Waals surface area (Å²) in [5.74, 6) is 7.34. The molecule has 0 N–H and O–H groups in total. The van der Waals surface area contributed by atoms with Gasteiger partial charge in [-0.2, -0.15) is 0 Å². The zero-order chi connectivity index (χ0) is 21.3. The van der Waals surface area contributed by atoms with Crippen LogP contribution < -0.4 is 14.2 Å². The van der Waals surface area contributed by atoms with Gasteiger partial charge >= 0.3 is 5.97 Å². The molecule has 4 heteroatoms. The van der Waals surface area contributed by atoms with Crippen molar-refractivity contribution in [2.75, 3.05) is 0 Å². The van der Waals surface area contributed by atoms with Gasteiger partial charge in [0.05, 0.1) is 11.7 Å². The summed E-state index contributed by atoms with van der Waals surface area (Å²) in [5.41, 5.74) is 2.48.